The summed E-state index contributed by atoms with van der Waals surface area (Å²) in [6, 6.07) is 3.00. The molecule has 0 amide bonds. The Bertz CT molecular complexity index is 472. The zero-order valence-electron chi connectivity index (χ0n) is 11.5. The van der Waals surface area contributed by atoms with Gasteiger partial charge in [0.05, 0.1) is 11.2 Å². The number of benzene rings is 1. The zero-order valence-corrected chi connectivity index (χ0v) is 11.5. The smallest absolute Gasteiger partial charge is 0.399 e. The molecule has 0 saturated carbocycles. The van der Waals surface area contributed by atoms with Crippen LogP contribution in [0.4, 0.5) is 10.1 Å². The molecular formula is C13H19BFNO2. The predicted molar refractivity (Wildman–Crippen MR) is 71.3 cm³/mol. The van der Waals surface area contributed by atoms with Crippen molar-refractivity contribution < 1.29 is 13.7 Å². The van der Waals surface area contributed by atoms with E-state index >= 15 is 0 Å². The molecule has 1 aromatic carbocycles. The third kappa shape index (κ3) is 2.02. The van der Waals surface area contributed by atoms with Crippen LogP contribution >= 0.6 is 0 Å². The first kappa shape index (κ1) is 13.4. The monoisotopic (exact) mass is 251 g/mol. The maximum atomic E-state index is 13.4. The van der Waals surface area contributed by atoms with Crippen LogP contribution in [0.15, 0.2) is 12.1 Å². The molecule has 1 saturated heterocycles. The van der Waals surface area contributed by atoms with Gasteiger partial charge in [-0.15, -0.1) is 0 Å². The van der Waals surface area contributed by atoms with Crippen LogP contribution < -0.4 is 11.2 Å². The molecule has 2 rings (SSSR count). The first-order valence-corrected chi connectivity index (χ1v) is 6.05. The Kier molecular flexibility index (Phi) is 2.95. The van der Waals surface area contributed by atoms with Crippen molar-refractivity contribution in [1.82, 2.24) is 0 Å². The summed E-state index contributed by atoms with van der Waals surface area (Å²) in [7, 11) is -0.547. The first-order valence-electron chi connectivity index (χ1n) is 6.05. The van der Waals surface area contributed by atoms with Gasteiger partial charge in [0.15, 0.2) is 0 Å². The minimum Gasteiger partial charge on any atom is -0.399 e. The molecule has 0 spiro atoms. The van der Waals surface area contributed by atoms with E-state index in [1.165, 1.54) is 6.07 Å². The second-order valence-corrected chi connectivity index (χ2v) is 5.82. The second-order valence-electron chi connectivity index (χ2n) is 5.82. The van der Waals surface area contributed by atoms with E-state index in [9.17, 15) is 4.39 Å². The number of aryl methyl sites for hydroxylation is 1. The van der Waals surface area contributed by atoms with Gasteiger partial charge in [-0.2, -0.15) is 0 Å². The van der Waals surface area contributed by atoms with Gasteiger partial charge in [-0.05, 0) is 46.2 Å². The number of hydrogen-bond donors (Lipinski definition) is 1. The standard InChI is InChI=1S/C13H19BFNO2/c1-8-6-9(11(16)7-10(8)15)14-17-12(2,3)13(4,5)18-14/h6-7H,16H2,1-5H3. The van der Waals surface area contributed by atoms with Crippen LogP contribution in [-0.4, -0.2) is 18.3 Å². The first-order chi connectivity index (χ1) is 8.14. The Balaban J connectivity index is 2.38. The highest BCUT2D eigenvalue weighted by Gasteiger charge is 2.52. The fraction of sp³-hybridized carbons (Fsp3) is 0.538. The quantitative estimate of drug-likeness (QED) is 0.613. The molecule has 0 aliphatic carbocycles. The van der Waals surface area contributed by atoms with Gasteiger partial charge in [-0.1, -0.05) is 6.07 Å². The molecule has 0 radical (unpaired) electrons. The Labute approximate surface area is 108 Å². The van der Waals surface area contributed by atoms with Crippen molar-refractivity contribution >= 4 is 18.3 Å². The molecule has 3 nitrogen and oxygen atoms in total. The van der Waals surface area contributed by atoms with Gasteiger partial charge < -0.3 is 15.0 Å². The molecule has 0 aromatic heterocycles. The number of nitrogens with two attached hydrogens (primary N) is 1. The van der Waals surface area contributed by atoms with E-state index in [0.717, 1.165) is 0 Å². The normalized spacial score (nSPS) is 21.3. The van der Waals surface area contributed by atoms with Gasteiger partial charge in [-0.25, -0.2) is 4.39 Å². The molecule has 5 heteroatoms. The van der Waals surface area contributed by atoms with Crippen LogP contribution in [0.3, 0.4) is 0 Å². The van der Waals surface area contributed by atoms with E-state index in [1.54, 1.807) is 13.0 Å². The van der Waals surface area contributed by atoms with E-state index in [0.29, 0.717) is 16.7 Å². The van der Waals surface area contributed by atoms with Gasteiger partial charge in [0, 0.05) is 11.2 Å². The fourth-order valence-corrected chi connectivity index (χ4v) is 1.89. The summed E-state index contributed by atoms with van der Waals surface area (Å²) >= 11 is 0. The summed E-state index contributed by atoms with van der Waals surface area (Å²) in [5.74, 6) is -0.312. The summed E-state index contributed by atoms with van der Waals surface area (Å²) in [5, 5.41) is 0. The lowest BCUT2D eigenvalue weighted by molar-refractivity contribution is 0.00578. The van der Waals surface area contributed by atoms with Crippen LogP contribution in [0.5, 0.6) is 0 Å². The molecular weight excluding hydrogens is 232 g/mol. The molecule has 2 N–H and O–H groups in total. The van der Waals surface area contributed by atoms with Crippen molar-refractivity contribution in [2.45, 2.75) is 45.8 Å². The summed E-state index contributed by atoms with van der Waals surface area (Å²) in [4.78, 5) is 0. The third-order valence-corrected chi connectivity index (χ3v) is 3.87. The average molecular weight is 251 g/mol. The number of halogens is 1. The Hall–Kier alpha value is -1.07. The van der Waals surface area contributed by atoms with Gasteiger partial charge in [0.1, 0.15) is 5.82 Å². The maximum Gasteiger partial charge on any atom is 0.496 e. The van der Waals surface area contributed by atoms with Gasteiger partial charge in [-0.3, -0.25) is 0 Å². The van der Waals surface area contributed by atoms with Crippen LogP contribution in [0, 0.1) is 12.7 Å². The Morgan fingerprint density at radius 3 is 2.11 bits per heavy atom. The largest absolute Gasteiger partial charge is 0.496 e. The zero-order chi connectivity index (χ0) is 13.7. The number of anilines is 1. The van der Waals surface area contributed by atoms with Crippen LogP contribution in [-0.2, 0) is 9.31 Å². The molecule has 1 aliphatic heterocycles. The highest BCUT2D eigenvalue weighted by molar-refractivity contribution is 6.63. The van der Waals surface area contributed by atoms with Gasteiger partial charge in [0.2, 0.25) is 0 Å². The average Bonchev–Trinajstić information content (AvgIpc) is 2.42. The molecule has 1 heterocycles. The van der Waals surface area contributed by atoms with E-state index in [2.05, 4.69) is 0 Å². The van der Waals surface area contributed by atoms with Crippen molar-refractivity contribution in [2.75, 3.05) is 5.73 Å². The predicted octanol–water partition coefficient (Wildman–Crippen LogP) is 2.02. The number of hydrogen-bond acceptors (Lipinski definition) is 3. The molecule has 0 atom stereocenters. The second kappa shape index (κ2) is 3.97. The topological polar surface area (TPSA) is 44.5 Å². The Morgan fingerprint density at radius 1 is 1.11 bits per heavy atom. The van der Waals surface area contributed by atoms with E-state index in [-0.39, 0.29) is 5.82 Å². The van der Waals surface area contributed by atoms with Crippen molar-refractivity contribution in [3.8, 4) is 0 Å². The van der Waals surface area contributed by atoms with Crippen molar-refractivity contribution in [3.63, 3.8) is 0 Å². The molecule has 1 aromatic rings. The van der Waals surface area contributed by atoms with Gasteiger partial charge in [0.25, 0.3) is 0 Å². The Morgan fingerprint density at radius 2 is 1.61 bits per heavy atom. The van der Waals surface area contributed by atoms with Crippen LogP contribution in [0.25, 0.3) is 0 Å². The van der Waals surface area contributed by atoms with Gasteiger partial charge >= 0.3 is 7.12 Å². The summed E-state index contributed by atoms with van der Waals surface area (Å²) in [6.07, 6.45) is 0. The number of nitrogen functional groups attached to an aromatic ring is 1. The SMILES string of the molecule is Cc1cc(B2OC(C)(C)C(C)(C)O2)c(N)cc1F. The van der Waals surface area contributed by atoms with Crippen molar-refractivity contribution in [1.29, 1.82) is 0 Å². The molecule has 98 valence electrons. The third-order valence-electron chi connectivity index (χ3n) is 3.87. The van der Waals surface area contributed by atoms with Crippen LogP contribution in [0.2, 0.25) is 0 Å². The minimum absolute atomic E-state index is 0.312. The van der Waals surface area contributed by atoms with Crippen molar-refractivity contribution in [3.05, 3.63) is 23.5 Å². The highest BCUT2D eigenvalue weighted by atomic mass is 19.1. The summed E-state index contributed by atoms with van der Waals surface area (Å²) < 4.78 is 25.2. The fourth-order valence-electron chi connectivity index (χ4n) is 1.89. The molecule has 18 heavy (non-hydrogen) atoms. The molecule has 0 unspecified atom stereocenters. The van der Waals surface area contributed by atoms with E-state index in [1.807, 2.05) is 27.7 Å². The summed E-state index contributed by atoms with van der Waals surface area (Å²) in [5.41, 5.74) is 6.58. The maximum absolute atomic E-state index is 13.4. The van der Waals surface area contributed by atoms with Crippen molar-refractivity contribution in [2.24, 2.45) is 0 Å². The van der Waals surface area contributed by atoms with E-state index < -0.39 is 18.3 Å². The molecule has 1 fully saturated rings. The lowest BCUT2D eigenvalue weighted by atomic mass is 9.77. The highest BCUT2D eigenvalue weighted by Crippen LogP contribution is 2.36. The van der Waals surface area contributed by atoms with E-state index in [4.69, 9.17) is 15.0 Å². The molecule has 0 bridgehead atoms. The molecule has 1 aliphatic rings. The lowest BCUT2D eigenvalue weighted by Gasteiger charge is -2.32. The van der Waals surface area contributed by atoms with Crippen LogP contribution in [0.1, 0.15) is 33.3 Å². The summed E-state index contributed by atoms with van der Waals surface area (Å²) in [6.45, 7) is 9.59. The lowest BCUT2D eigenvalue weighted by Crippen LogP contribution is -2.41. The minimum atomic E-state index is -0.547. The number of rotatable bonds is 1.